The highest BCUT2D eigenvalue weighted by molar-refractivity contribution is 4.97. The van der Waals surface area contributed by atoms with Gasteiger partial charge in [-0.3, -0.25) is 4.90 Å². The molecule has 2 atom stereocenters. The predicted molar refractivity (Wildman–Crippen MR) is 62.8 cm³/mol. The van der Waals surface area contributed by atoms with Gasteiger partial charge in [-0.15, -0.1) is 0 Å². The van der Waals surface area contributed by atoms with Crippen molar-refractivity contribution in [3.63, 3.8) is 0 Å². The number of fused-ring (bicyclic) bond motifs is 1. The van der Waals surface area contributed by atoms with E-state index in [2.05, 4.69) is 24.1 Å². The van der Waals surface area contributed by atoms with Crippen molar-refractivity contribution in [3.8, 4) is 0 Å². The molecule has 2 nitrogen and oxygen atoms in total. The summed E-state index contributed by atoms with van der Waals surface area (Å²) in [4.78, 5) is 2.79. The summed E-state index contributed by atoms with van der Waals surface area (Å²) in [6.07, 6.45) is 2.95. The van der Waals surface area contributed by atoms with E-state index in [1.807, 2.05) is 0 Å². The summed E-state index contributed by atoms with van der Waals surface area (Å²) < 4.78 is 0. The molecule has 3 fully saturated rings. The van der Waals surface area contributed by atoms with Crippen LogP contribution in [0.2, 0.25) is 0 Å². The van der Waals surface area contributed by atoms with Crippen molar-refractivity contribution in [2.45, 2.75) is 32.7 Å². The van der Waals surface area contributed by atoms with Crippen LogP contribution in [0.25, 0.3) is 0 Å². The average molecular weight is 208 g/mol. The van der Waals surface area contributed by atoms with Crippen LogP contribution in [0, 0.1) is 23.7 Å². The first-order valence-corrected chi connectivity index (χ1v) is 6.69. The summed E-state index contributed by atoms with van der Waals surface area (Å²) >= 11 is 0. The van der Waals surface area contributed by atoms with Crippen molar-refractivity contribution in [2.75, 3.05) is 26.2 Å². The molecular weight excluding hydrogens is 184 g/mol. The Morgan fingerprint density at radius 3 is 2.20 bits per heavy atom. The normalized spacial score (nSPS) is 45.8. The fourth-order valence-electron chi connectivity index (χ4n) is 3.66. The summed E-state index contributed by atoms with van der Waals surface area (Å²) in [6, 6.07) is 0.947. The molecule has 15 heavy (non-hydrogen) atoms. The number of nitrogens with zero attached hydrogens (tertiary/aromatic N) is 1. The minimum absolute atomic E-state index is 0.907. The first-order chi connectivity index (χ1) is 7.24. The first kappa shape index (κ1) is 10.1. The second kappa shape index (κ2) is 3.74. The average Bonchev–Trinajstić information content (AvgIpc) is 2.58. The molecule has 0 amide bonds. The molecular formula is C13H24N2. The fraction of sp³-hybridized carbons (Fsp3) is 1.00. The lowest BCUT2D eigenvalue weighted by atomic mass is 9.73. The maximum Gasteiger partial charge on any atom is 0.0101 e. The highest BCUT2D eigenvalue weighted by atomic mass is 15.2. The van der Waals surface area contributed by atoms with E-state index in [4.69, 9.17) is 0 Å². The molecule has 0 unspecified atom stereocenters. The molecule has 0 aromatic carbocycles. The van der Waals surface area contributed by atoms with Gasteiger partial charge >= 0.3 is 0 Å². The van der Waals surface area contributed by atoms with Crippen molar-refractivity contribution in [3.05, 3.63) is 0 Å². The molecule has 2 heterocycles. The quantitative estimate of drug-likeness (QED) is 0.741. The zero-order valence-corrected chi connectivity index (χ0v) is 10.1. The van der Waals surface area contributed by atoms with Crippen LogP contribution in [0.3, 0.4) is 0 Å². The summed E-state index contributed by atoms with van der Waals surface area (Å²) in [5.74, 6) is 3.88. The number of hydrogen-bond acceptors (Lipinski definition) is 2. The van der Waals surface area contributed by atoms with Crippen LogP contribution in [0.4, 0.5) is 0 Å². The first-order valence-electron chi connectivity index (χ1n) is 6.69. The zero-order chi connectivity index (χ0) is 10.4. The minimum Gasteiger partial charge on any atom is -0.316 e. The maximum atomic E-state index is 3.52. The van der Waals surface area contributed by atoms with Crippen LogP contribution >= 0.6 is 0 Å². The van der Waals surface area contributed by atoms with Crippen molar-refractivity contribution in [2.24, 2.45) is 23.7 Å². The largest absolute Gasteiger partial charge is 0.316 e. The number of likely N-dealkylation sites (tertiary alicyclic amines) is 1. The molecule has 0 radical (unpaired) electrons. The number of hydrogen-bond donors (Lipinski definition) is 1. The van der Waals surface area contributed by atoms with Gasteiger partial charge in [-0.05, 0) is 49.6 Å². The molecule has 0 bridgehead atoms. The predicted octanol–water partition coefficient (Wildman–Crippen LogP) is 1.57. The monoisotopic (exact) mass is 208 g/mol. The van der Waals surface area contributed by atoms with Gasteiger partial charge in [-0.2, -0.15) is 0 Å². The molecule has 86 valence electrons. The Morgan fingerprint density at radius 1 is 1.07 bits per heavy atom. The second-order valence-electron chi connectivity index (χ2n) is 6.26. The van der Waals surface area contributed by atoms with E-state index in [0.717, 1.165) is 29.7 Å². The molecule has 1 N–H and O–H groups in total. The Kier molecular flexibility index (Phi) is 2.52. The van der Waals surface area contributed by atoms with Gasteiger partial charge in [0.1, 0.15) is 0 Å². The lowest BCUT2D eigenvalue weighted by Crippen LogP contribution is -2.45. The lowest BCUT2D eigenvalue weighted by molar-refractivity contribution is 0.0677. The van der Waals surface area contributed by atoms with Crippen molar-refractivity contribution in [1.29, 1.82) is 0 Å². The summed E-state index contributed by atoms with van der Waals surface area (Å²) in [6.45, 7) is 10.1. The van der Waals surface area contributed by atoms with Gasteiger partial charge in [-0.25, -0.2) is 0 Å². The third-order valence-electron chi connectivity index (χ3n) is 5.03. The lowest BCUT2D eigenvalue weighted by Gasteiger charge is -2.43. The number of rotatable bonds is 2. The molecule has 1 saturated carbocycles. The van der Waals surface area contributed by atoms with Crippen LogP contribution in [-0.2, 0) is 0 Å². The van der Waals surface area contributed by atoms with E-state index >= 15 is 0 Å². The Labute approximate surface area is 93.4 Å². The van der Waals surface area contributed by atoms with Crippen LogP contribution in [0.5, 0.6) is 0 Å². The van der Waals surface area contributed by atoms with Crippen LogP contribution in [0.15, 0.2) is 0 Å². The molecule has 3 aliphatic rings. The van der Waals surface area contributed by atoms with E-state index in [0.29, 0.717) is 0 Å². The topological polar surface area (TPSA) is 15.3 Å². The Morgan fingerprint density at radius 2 is 1.67 bits per heavy atom. The Balaban J connectivity index is 1.50. The van der Waals surface area contributed by atoms with Gasteiger partial charge < -0.3 is 5.32 Å². The molecule has 0 aromatic heterocycles. The maximum absolute atomic E-state index is 3.52. The van der Waals surface area contributed by atoms with Crippen molar-refractivity contribution in [1.82, 2.24) is 10.2 Å². The fourth-order valence-corrected chi connectivity index (χ4v) is 3.66. The molecule has 3 rings (SSSR count). The molecule has 0 aromatic rings. The van der Waals surface area contributed by atoms with Gasteiger partial charge in [0.05, 0.1) is 0 Å². The van der Waals surface area contributed by atoms with E-state index in [1.165, 1.54) is 39.0 Å². The van der Waals surface area contributed by atoms with Crippen LogP contribution in [0.1, 0.15) is 26.7 Å². The van der Waals surface area contributed by atoms with Crippen LogP contribution in [-0.4, -0.2) is 37.1 Å². The zero-order valence-electron chi connectivity index (χ0n) is 10.1. The molecule has 1 aliphatic carbocycles. The smallest absolute Gasteiger partial charge is 0.0101 e. The van der Waals surface area contributed by atoms with Crippen LogP contribution < -0.4 is 5.32 Å². The highest BCUT2D eigenvalue weighted by Crippen LogP contribution is 2.40. The SMILES string of the molecule is CC(C)C1CC(N2C[C@H]3CNC[C@H]3C2)C1. The van der Waals surface area contributed by atoms with Crippen molar-refractivity contribution >= 4 is 0 Å². The van der Waals surface area contributed by atoms with E-state index in [9.17, 15) is 0 Å². The van der Waals surface area contributed by atoms with Gasteiger partial charge in [0, 0.05) is 19.1 Å². The molecule has 2 saturated heterocycles. The van der Waals surface area contributed by atoms with Gasteiger partial charge in [0.2, 0.25) is 0 Å². The van der Waals surface area contributed by atoms with E-state index in [1.54, 1.807) is 0 Å². The highest BCUT2D eigenvalue weighted by Gasteiger charge is 2.42. The molecule has 2 heteroatoms. The minimum atomic E-state index is 0.907. The van der Waals surface area contributed by atoms with Gasteiger partial charge in [0.25, 0.3) is 0 Å². The Hall–Kier alpha value is -0.0800. The van der Waals surface area contributed by atoms with Gasteiger partial charge in [0.15, 0.2) is 0 Å². The summed E-state index contributed by atoms with van der Waals surface area (Å²) in [5, 5.41) is 3.52. The summed E-state index contributed by atoms with van der Waals surface area (Å²) in [7, 11) is 0. The third kappa shape index (κ3) is 1.72. The molecule has 2 aliphatic heterocycles. The van der Waals surface area contributed by atoms with Crippen molar-refractivity contribution < 1.29 is 0 Å². The Bertz CT molecular complexity index is 221. The third-order valence-corrected chi connectivity index (χ3v) is 5.03. The second-order valence-corrected chi connectivity index (χ2v) is 6.26. The number of nitrogens with one attached hydrogen (secondary N) is 1. The summed E-state index contributed by atoms with van der Waals surface area (Å²) in [5.41, 5.74) is 0. The van der Waals surface area contributed by atoms with E-state index < -0.39 is 0 Å². The van der Waals surface area contributed by atoms with E-state index in [-0.39, 0.29) is 0 Å². The standard InChI is InChI=1S/C13H24N2/c1-9(2)10-3-13(4-10)15-7-11-5-14-6-12(11)8-15/h9-14H,3-8H2,1-2H3/t10?,11-,12+,13?. The molecule has 0 spiro atoms. The van der Waals surface area contributed by atoms with Gasteiger partial charge in [-0.1, -0.05) is 13.8 Å².